The van der Waals surface area contributed by atoms with Crippen LogP contribution in [-0.2, 0) is 9.53 Å². The van der Waals surface area contributed by atoms with Crippen molar-refractivity contribution in [2.45, 2.75) is 18.9 Å². The second kappa shape index (κ2) is 7.93. The third-order valence-electron chi connectivity index (χ3n) is 2.15. The molecule has 2 amide bonds. The molecule has 0 aliphatic carbocycles. The number of aliphatic carboxylic acids is 1. The zero-order valence-corrected chi connectivity index (χ0v) is 10.4. The number of amides is 2. The van der Waals surface area contributed by atoms with Gasteiger partial charge in [-0.15, -0.1) is 5.10 Å². The van der Waals surface area contributed by atoms with E-state index >= 15 is 0 Å². The van der Waals surface area contributed by atoms with E-state index in [4.69, 9.17) is 9.84 Å². The van der Waals surface area contributed by atoms with Crippen molar-refractivity contribution in [3.8, 4) is 0 Å². The number of nitrogens with one attached hydrogen (secondary N) is 2. The highest BCUT2D eigenvalue weighted by atomic mass is 16.5. The van der Waals surface area contributed by atoms with Crippen molar-refractivity contribution in [2.75, 3.05) is 19.0 Å². The SMILES string of the molecule is COCCCC(NC(=O)Nc1nccnn1)C(=O)O. The van der Waals surface area contributed by atoms with E-state index < -0.39 is 18.0 Å². The fraction of sp³-hybridized carbons (Fsp3) is 0.500. The van der Waals surface area contributed by atoms with Crippen LogP contribution in [0.4, 0.5) is 10.7 Å². The summed E-state index contributed by atoms with van der Waals surface area (Å²) in [6.07, 6.45) is 3.51. The van der Waals surface area contributed by atoms with Crippen LogP contribution in [0.25, 0.3) is 0 Å². The Kier molecular flexibility index (Phi) is 6.16. The van der Waals surface area contributed by atoms with Crippen molar-refractivity contribution >= 4 is 17.9 Å². The Morgan fingerprint density at radius 3 is 2.84 bits per heavy atom. The van der Waals surface area contributed by atoms with Crippen LogP contribution >= 0.6 is 0 Å². The van der Waals surface area contributed by atoms with E-state index in [2.05, 4.69) is 25.8 Å². The first-order valence-corrected chi connectivity index (χ1v) is 5.56. The largest absolute Gasteiger partial charge is 0.480 e. The first kappa shape index (κ1) is 14.8. The second-order valence-electron chi connectivity index (χ2n) is 3.59. The predicted molar refractivity (Wildman–Crippen MR) is 64.5 cm³/mol. The zero-order valence-electron chi connectivity index (χ0n) is 10.4. The molecule has 0 bridgehead atoms. The van der Waals surface area contributed by atoms with Crippen LogP contribution < -0.4 is 10.6 Å². The summed E-state index contributed by atoms with van der Waals surface area (Å²) in [5.74, 6) is -1.11. The van der Waals surface area contributed by atoms with Crippen molar-refractivity contribution in [3.05, 3.63) is 12.4 Å². The molecule has 19 heavy (non-hydrogen) atoms. The van der Waals surface area contributed by atoms with Crippen molar-refractivity contribution < 1.29 is 19.4 Å². The van der Waals surface area contributed by atoms with Gasteiger partial charge in [-0.05, 0) is 12.8 Å². The van der Waals surface area contributed by atoms with E-state index in [1.807, 2.05) is 0 Å². The van der Waals surface area contributed by atoms with Crippen molar-refractivity contribution in [1.82, 2.24) is 20.5 Å². The number of urea groups is 1. The second-order valence-corrected chi connectivity index (χ2v) is 3.59. The van der Waals surface area contributed by atoms with E-state index in [1.165, 1.54) is 19.5 Å². The lowest BCUT2D eigenvalue weighted by Gasteiger charge is -2.14. The lowest BCUT2D eigenvalue weighted by Crippen LogP contribution is -2.43. The Morgan fingerprint density at radius 1 is 1.47 bits per heavy atom. The van der Waals surface area contributed by atoms with E-state index in [1.54, 1.807) is 0 Å². The summed E-state index contributed by atoms with van der Waals surface area (Å²) in [5.41, 5.74) is 0. The van der Waals surface area contributed by atoms with Gasteiger partial charge in [-0.2, -0.15) is 5.10 Å². The lowest BCUT2D eigenvalue weighted by atomic mass is 10.1. The van der Waals surface area contributed by atoms with Crippen LogP contribution in [0.1, 0.15) is 12.8 Å². The number of hydrogen-bond acceptors (Lipinski definition) is 6. The van der Waals surface area contributed by atoms with Crippen LogP contribution in [0.15, 0.2) is 12.4 Å². The summed E-state index contributed by atoms with van der Waals surface area (Å²) < 4.78 is 4.82. The quantitative estimate of drug-likeness (QED) is 0.588. The molecule has 0 saturated carbocycles. The van der Waals surface area contributed by atoms with E-state index in [0.717, 1.165) is 0 Å². The molecule has 1 heterocycles. The monoisotopic (exact) mass is 269 g/mol. The Labute approximate surface area is 109 Å². The summed E-state index contributed by atoms with van der Waals surface area (Å²) in [4.78, 5) is 26.2. The predicted octanol–water partition coefficient (Wildman–Crippen LogP) is -0.127. The summed E-state index contributed by atoms with van der Waals surface area (Å²) in [7, 11) is 1.52. The summed E-state index contributed by atoms with van der Waals surface area (Å²) in [5, 5.41) is 20.6. The van der Waals surface area contributed by atoms with Crippen LogP contribution in [0.3, 0.4) is 0 Å². The van der Waals surface area contributed by atoms with Crippen molar-refractivity contribution in [3.63, 3.8) is 0 Å². The number of aromatic nitrogens is 3. The molecule has 1 unspecified atom stereocenters. The maximum Gasteiger partial charge on any atom is 0.326 e. The number of carbonyl (C=O) groups is 2. The molecule has 9 heteroatoms. The fourth-order valence-electron chi connectivity index (χ4n) is 1.29. The van der Waals surface area contributed by atoms with Gasteiger partial charge in [0.15, 0.2) is 0 Å². The van der Waals surface area contributed by atoms with Crippen molar-refractivity contribution in [2.24, 2.45) is 0 Å². The van der Waals surface area contributed by atoms with E-state index in [0.29, 0.717) is 13.0 Å². The van der Waals surface area contributed by atoms with E-state index in [-0.39, 0.29) is 12.4 Å². The first-order chi connectivity index (χ1) is 9.13. The Balaban J connectivity index is 2.45. The maximum atomic E-state index is 11.5. The molecular weight excluding hydrogens is 254 g/mol. The minimum Gasteiger partial charge on any atom is -0.480 e. The number of rotatable bonds is 7. The summed E-state index contributed by atoms with van der Waals surface area (Å²) in [6.45, 7) is 0.429. The van der Waals surface area contributed by atoms with Gasteiger partial charge >= 0.3 is 12.0 Å². The average Bonchev–Trinajstić information content (AvgIpc) is 2.38. The first-order valence-electron chi connectivity index (χ1n) is 5.56. The molecule has 1 aromatic heterocycles. The number of nitrogens with zero attached hydrogens (tertiary/aromatic N) is 3. The third-order valence-corrected chi connectivity index (χ3v) is 2.15. The topological polar surface area (TPSA) is 126 Å². The van der Waals surface area contributed by atoms with Crippen LogP contribution in [0.2, 0.25) is 0 Å². The van der Waals surface area contributed by atoms with Gasteiger partial charge in [0.25, 0.3) is 5.95 Å². The van der Waals surface area contributed by atoms with Gasteiger partial charge < -0.3 is 15.2 Å². The number of anilines is 1. The Hall–Kier alpha value is -2.29. The zero-order chi connectivity index (χ0) is 14.1. The molecule has 9 nitrogen and oxygen atoms in total. The van der Waals surface area contributed by atoms with E-state index in [9.17, 15) is 9.59 Å². The standard InChI is InChI=1S/C10H15N5O4/c1-19-6-2-3-7(8(16)17)13-10(18)14-9-11-4-5-12-15-9/h4-5,7H,2-3,6H2,1H3,(H,16,17)(H2,11,13,14,15,18). The minimum atomic E-state index is -1.11. The molecule has 0 aromatic carbocycles. The number of carbonyl (C=O) groups excluding carboxylic acids is 1. The average molecular weight is 269 g/mol. The molecule has 1 aromatic rings. The maximum absolute atomic E-state index is 11.5. The Bertz CT molecular complexity index is 414. The highest BCUT2D eigenvalue weighted by Gasteiger charge is 2.19. The van der Waals surface area contributed by atoms with Crippen LogP contribution in [0.5, 0.6) is 0 Å². The van der Waals surface area contributed by atoms with Gasteiger partial charge in [-0.3, -0.25) is 5.32 Å². The van der Waals surface area contributed by atoms with Gasteiger partial charge in [0, 0.05) is 13.7 Å². The molecule has 0 aliphatic rings. The minimum absolute atomic E-state index is 0.000954. The van der Waals surface area contributed by atoms with Crippen molar-refractivity contribution in [1.29, 1.82) is 0 Å². The third kappa shape index (κ3) is 5.73. The molecule has 0 spiro atoms. The smallest absolute Gasteiger partial charge is 0.326 e. The lowest BCUT2D eigenvalue weighted by molar-refractivity contribution is -0.139. The molecular formula is C10H15N5O4. The van der Waals surface area contributed by atoms with Crippen LogP contribution in [-0.4, -0.2) is 52.0 Å². The molecule has 0 fully saturated rings. The van der Waals surface area contributed by atoms with Gasteiger partial charge in [0.1, 0.15) is 6.04 Å². The normalized spacial score (nSPS) is 11.6. The molecule has 1 atom stereocenters. The number of hydrogen-bond donors (Lipinski definition) is 3. The highest BCUT2D eigenvalue weighted by molar-refractivity contribution is 5.90. The number of ether oxygens (including phenoxy) is 1. The van der Waals surface area contributed by atoms with Gasteiger partial charge in [-0.1, -0.05) is 0 Å². The van der Waals surface area contributed by atoms with Crippen LogP contribution in [0, 0.1) is 0 Å². The van der Waals surface area contributed by atoms with Gasteiger partial charge in [0.05, 0.1) is 12.4 Å². The number of carboxylic acids is 1. The molecule has 0 saturated heterocycles. The molecule has 0 radical (unpaired) electrons. The molecule has 104 valence electrons. The number of methoxy groups -OCH3 is 1. The summed E-state index contributed by atoms with van der Waals surface area (Å²) in [6, 6.07) is -1.69. The Morgan fingerprint density at radius 2 is 2.26 bits per heavy atom. The molecule has 0 aliphatic heterocycles. The van der Waals surface area contributed by atoms with Gasteiger partial charge in [0.2, 0.25) is 0 Å². The molecule has 3 N–H and O–H groups in total. The molecule has 1 rings (SSSR count). The highest BCUT2D eigenvalue weighted by Crippen LogP contribution is 1.99. The summed E-state index contributed by atoms with van der Waals surface area (Å²) >= 11 is 0. The van der Waals surface area contributed by atoms with Gasteiger partial charge in [-0.25, -0.2) is 14.6 Å². The number of carboxylic acid groups (broad SMARTS) is 1. The fourth-order valence-corrected chi connectivity index (χ4v) is 1.29.